The molecule has 1 aromatic rings. The second-order valence-corrected chi connectivity index (χ2v) is 8.03. The van der Waals surface area contributed by atoms with Crippen molar-refractivity contribution in [2.45, 2.75) is 64.5 Å². The van der Waals surface area contributed by atoms with Gasteiger partial charge in [-0.2, -0.15) is 0 Å². The zero-order chi connectivity index (χ0) is 18.2. The number of hydrogen-bond donors (Lipinski definition) is 1. The Balaban J connectivity index is 0.00000243. The zero-order valence-corrected chi connectivity index (χ0v) is 16.4. The molecule has 0 radical (unpaired) electrons. The smallest absolute Gasteiger partial charge is 0.410 e. The molecule has 1 atom stereocenters. The zero-order valence-electron chi connectivity index (χ0n) is 15.6. The number of ether oxygens (including phenoxy) is 1. The number of nitrogens with zero attached hydrogens (tertiary/aromatic N) is 3. The number of likely N-dealkylation sites (tertiary alicyclic amines) is 1. The minimum Gasteiger partial charge on any atom is -0.481 e. The first kappa shape index (κ1) is 20.6. The van der Waals surface area contributed by atoms with Gasteiger partial charge in [-0.25, -0.2) is 9.78 Å². The number of amides is 1. The van der Waals surface area contributed by atoms with Crippen LogP contribution in [0.5, 0.6) is 0 Å². The summed E-state index contributed by atoms with van der Waals surface area (Å²) in [7, 11) is 0. The molecule has 2 aliphatic rings. The lowest BCUT2D eigenvalue weighted by molar-refractivity contribution is -0.142. The first-order valence-electron chi connectivity index (χ1n) is 8.99. The van der Waals surface area contributed by atoms with Crippen LogP contribution in [0.15, 0.2) is 6.20 Å². The van der Waals surface area contributed by atoms with Gasteiger partial charge in [-0.1, -0.05) is 0 Å². The molecule has 0 aliphatic carbocycles. The van der Waals surface area contributed by atoms with Crippen molar-refractivity contribution in [3.63, 3.8) is 0 Å². The van der Waals surface area contributed by atoms with Crippen molar-refractivity contribution in [2.75, 3.05) is 13.1 Å². The van der Waals surface area contributed by atoms with Crippen LogP contribution in [-0.4, -0.2) is 50.3 Å². The summed E-state index contributed by atoms with van der Waals surface area (Å²) in [4.78, 5) is 29.7. The normalized spacial score (nSPS) is 20.9. The summed E-state index contributed by atoms with van der Waals surface area (Å²) in [5, 5.41) is 9.20. The molecule has 0 aromatic carbocycles. The third kappa shape index (κ3) is 4.50. The molecule has 3 rings (SSSR count). The largest absolute Gasteiger partial charge is 0.481 e. The molecule has 1 unspecified atom stereocenters. The van der Waals surface area contributed by atoms with Gasteiger partial charge in [0.15, 0.2) is 0 Å². The maximum atomic E-state index is 12.2. The van der Waals surface area contributed by atoms with Crippen LogP contribution in [-0.2, 0) is 22.5 Å². The van der Waals surface area contributed by atoms with Crippen molar-refractivity contribution in [3.05, 3.63) is 17.7 Å². The predicted molar refractivity (Wildman–Crippen MR) is 98.7 cm³/mol. The summed E-state index contributed by atoms with van der Waals surface area (Å²) in [6, 6.07) is 0. The number of aromatic nitrogens is 2. The minimum absolute atomic E-state index is 0. The Morgan fingerprint density at radius 1 is 1.19 bits per heavy atom. The van der Waals surface area contributed by atoms with Crippen LogP contribution in [0.2, 0.25) is 0 Å². The summed E-state index contributed by atoms with van der Waals surface area (Å²) in [5.74, 6) is 0.335. The first-order valence-corrected chi connectivity index (χ1v) is 8.99. The maximum absolute atomic E-state index is 12.2. The Hall–Kier alpha value is -1.76. The Kier molecular flexibility index (Phi) is 6.21. The lowest BCUT2D eigenvalue weighted by atomic mass is 9.94. The molecule has 146 valence electrons. The minimum atomic E-state index is -0.723. The van der Waals surface area contributed by atoms with E-state index >= 15 is 0 Å². The quantitative estimate of drug-likeness (QED) is 0.845. The highest BCUT2D eigenvalue weighted by atomic mass is 35.5. The van der Waals surface area contributed by atoms with E-state index in [0.29, 0.717) is 38.4 Å². The van der Waals surface area contributed by atoms with E-state index in [4.69, 9.17) is 4.74 Å². The Morgan fingerprint density at radius 3 is 2.42 bits per heavy atom. The van der Waals surface area contributed by atoms with Gasteiger partial charge in [0.2, 0.25) is 0 Å². The van der Waals surface area contributed by atoms with Gasteiger partial charge in [-0.3, -0.25) is 4.79 Å². The number of carbonyl (C=O) groups excluding carboxylic acids is 1. The third-order valence-electron chi connectivity index (χ3n) is 4.99. The number of hydrogen-bond acceptors (Lipinski definition) is 4. The molecule has 26 heavy (non-hydrogen) atoms. The summed E-state index contributed by atoms with van der Waals surface area (Å²) >= 11 is 0. The summed E-state index contributed by atoms with van der Waals surface area (Å²) in [6.07, 6.45) is 4.50. The second kappa shape index (κ2) is 7.86. The fourth-order valence-electron chi connectivity index (χ4n) is 3.67. The Morgan fingerprint density at radius 2 is 1.85 bits per heavy atom. The van der Waals surface area contributed by atoms with Crippen LogP contribution in [0, 0.1) is 5.92 Å². The van der Waals surface area contributed by atoms with Gasteiger partial charge in [-0.05, 0) is 40.0 Å². The monoisotopic (exact) mass is 385 g/mol. The van der Waals surface area contributed by atoms with E-state index < -0.39 is 11.6 Å². The fraction of sp³-hybridized carbons (Fsp3) is 0.722. The van der Waals surface area contributed by atoms with E-state index in [1.807, 2.05) is 27.0 Å². The summed E-state index contributed by atoms with van der Waals surface area (Å²) < 4.78 is 7.63. The van der Waals surface area contributed by atoms with Gasteiger partial charge in [0.25, 0.3) is 0 Å². The van der Waals surface area contributed by atoms with E-state index in [9.17, 15) is 14.7 Å². The van der Waals surface area contributed by atoms with Crippen LogP contribution in [0.3, 0.4) is 0 Å². The third-order valence-corrected chi connectivity index (χ3v) is 4.99. The molecule has 0 saturated carbocycles. The number of carboxylic acid groups (broad SMARTS) is 1. The highest BCUT2D eigenvalue weighted by Gasteiger charge is 2.32. The van der Waals surface area contributed by atoms with Crippen LogP contribution in [0.1, 0.15) is 57.5 Å². The van der Waals surface area contributed by atoms with Crippen molar-refractivity contribution >= 4 is 24.5 Å². The topological polar surface area (TPSA) is 84.7 Å². The average Bonchev–Trinajstić information content (AvgIpc) is 2.96. The van der Waals surface area contributed by atoms with Crippen LogP contribution < -0.4 is 0 Å². The highest BCUT2D eigenvalue weighted by molar-refractivity contribution is 5.85. The fourth-order valence-corrected chi connectivity index (χ4v) is 3.67. The molecule has 0 spiro atoms. The van der Waals surface area contributed by atoms with E-state index in [1.165, 1.54) is 0 Å². The van der Waals surface area contributed by atoms with Gasteiger partial charge >= 0.3 is 12.1 Å². The molecule has 7 nitrogen and oxygen atoms in total. The van der Waals surface area contributed by atoms with Gasteiger partial charge < -0.3 is 19.3 Å². The number of aliphatic carboxylic acids is 1. The predicted octanol–water partition coefficient (Wildman–Crippen LogP) is 3.07. The van der Waals surface area contributed by atoms with Crippen LogP contribution >= 0.6 is 12.4 Å². The number of fused-ring (bicyclic) bond motifs is 1. The number of rotatable bonds is 2. The molecule has 1 amide bonds. The SMILES string of the molecule is CC(C)(C)OC(=O)N1CCC(c2ncc3n2CCC(C(=O)O)C3)CC1.Cl. The lowest BCUT2D eigenvalue weighted by Crippen LogP contribution is -2.41. The molecule has 2 aliphatic heterocycles. The van der Waals surface area contributed by atoms with Crippen molar-refractivity contribution < 1.29 is 19.4 Å². The van der Waals surface area contributed by atoms with Crippen LogP contribution in [0.4, 0.5) is 4.79 Å². The summed E-state index contributed by atoms with van der Waals surface area (Å²) in [6.45, 7) is 7.67. The van der Waals surface area contributed by atoms with Gasteiger partial charge in [-0.15, -0.1) is 12.4 Å². The van der Waals surface area contributed by atoms with E-state index in [-0.39, 0.29) is 24.4 Å². The van der Waals surface area contributed by atoms with Crippen LogP contribution in [0.25, 0.3) is 0 Å². The molecule has 1 saturated heterocycles. The highest BCUT2D eigenvalue weighted by Crippen LogP contribution is 2.31. The molecular formula is C18H28ClN3O4. The van der Waals surface area contributed by atoms with E-state index in [1.54, 1.807) is 4.90 Å². The summed E-state index contributed by atoms with van der Waals surface area (Å²) in [5.41, 5.74) is 0.541. The lowest BCUT2D eigenvalue weighted by Gasteiger charge is -2.34. The Labute approximate surface area is 160 Å². The number of carboxylic acids is 1. The molecular weight excluding hydrogens is 358 g/mol. The number of imidazole rings is 1. The Bertz CT molecular complexity index is 660. The van der Waals surface area contributed by atoms with Gasteiger partial charge in [0, 0.05) is 43.9 Å². The standard InChI is InChI=1S/C18H27N3O4.ClH/c1-18(2,3)25-17(24)20-7-4-12(5-8-20)15-19-11-14-10-13(16(22)23)6-9-21(14)15;/h11-13H,4-10H2,1-3H3,(H,22,23);1H. The van der Waals surface area contributed by atoms with E-state index in [0.717, 1.165) is 24.4 Å². The molecule has 1 aromatic heterocycles. The molecule has 0 bridgehead atoms. The average molecular weight is 386 g/mol. The molecule has 1 fully saturated rings. The number of carbonyl (C=O) groups is 2. The van der Waals surface area contributed by atoms with Crippen molar-refractivity contribution in [1.82, 2.24) is 14.5 Å². The first-order chi connectivity index (χ1) is 11.7. The van der Waals surface area contributed by atoms with Crippen molar-refractivity contribution in [1.29, 1.82) is 0 Å². The molecule has 1 N–H and O–H groups in total. The maximum Gasteiger partial charge on any atom is 0.410 e. The van der Waals surface area contributed by atoms with Gasteiger partial charge in [0.05, 0.1) is 5.92 Å². The van der Waals surface area contributed by atoms with Crippen molar-refractivity contribution in [2.24, 2.45) is 5.92 Å². The van der Waals surface area contributed by atoms with Crippen molar-refractivity contribution in [3.8, 4) is 0 Å². The molecule has 8 heteroatoms. The second-order valence-electron chi connectivity index (χ2n) is 8.03. The molecule has 3 heterocycles. The number of halogens is 1. The van der Waals surface area contributed by atoms with E-state index in [2.05, 4.69) is 9.55 Å². The number of piperidine rings is 1. The van der Waals surface area contributed by atoms with Gasteiger partial charge in [0.1, 0.15) is 11.4 Å².